The number of hydrazone groups is 1. The number of nitrogens with one attached hydrogen (secondary N) is 2. The van der Waals surface area contributed by atoms with Gasteiger partial charge in [0.25, 0.3) is 0 Å². The normalized spacial score (nSPS) is 10.8. The van der Waals surface area contributed by atoms with Gasteiger partial charge < -0.3 is 10.1 Å². The van der Waals surface area contributed by atoms with Crippen LogP contribution >= 0.6 is 23.2 Å². The Morgan fingerprint density at radius 2 is 1.69 bits per heavy atom. The first-order chi connectivity index (χ1) is 15.3. The largest absolute Gasteiger partial charge is 0.489 e. The fourth-order valence-electron chi connectivity index (χ4n) is 2.67. The highest BCUT2D eigenvalue weighted by Crippen LogP contribution is 2.22. The summed E-state index contributed by atoms with van der Waals surface area (Å²) in [6.45, 7) is 4.20. The summed E-state index contributed by atoms with van der Waals surface area (Å²) in [6, 6.07) is 17.7. The van der Waals surface area contributed by atoms with Gasteiger partial charge in [-0.05, 0) is 79.1 Å². The van der Waals surface area contributed by atoms with E-state index in [0.29, 0.717) is 28.1 Å². The van der Waals surface area contributed by atoms with Crippen molar-refractivity contribution in [2.75, 3.05) is 5.32 Å². The summed E-state index contributed by atoms with van der Waals surface area (Å²) >= 11 is 12.0. The molecule has 0 saturated carbocycles. The number of ether oxygens (including phenoxy) is 1. The van der Waals surface area contributed by atoms with Gasteiger partial charge in [-0.3, -0.25) is 9.59 Å². The van der Waals surface area contributed by atoms with E-state index in [-0.39, 0.29) is 0 Å². The van der Waals surface area contributed by atoms with Crippen LogP contribution in [0.1, 0.15) is 22.3 Å². The van der Waals surface area contributed by atoms with Crippen LogP contribution in [0, 0.1) is 13.8 Å². The predicted octanol–water partition coefficient (Wildman–Crippen LogP) is 5.28. The predicted molar refractivity (Wildman–Crippen MR) is 128 cm³/mol. The van der Waals surface area contributed by atoms with Crippen molar-refractivity contribution in [2.24, 2.45) is 5.10 Å². The van der Waals surface area contributed by atoms with Crippen LogP contribution in [0.4, 0.5) is 5.69 Å². The molecular formula is C24H21Cl2N3O3. The van der Waals surface area contributed by atoms with Crippen molar-refractivity contribution in [3.05, 3.63) is 93.0 Å². The molecule has 2 amide bonds. The monoisotopic (exact) mass is 469 g/mol. The number of rotatable bonds is 6. The number of carbonyl (C=O) groups excluding carboxylic acids is 2. The maximum Gasteiger partial charge on any atom is 0.329 e. The number of hydrogen-bond donors (Lipinski definition) is 2. The van der Waals surface area contributed by atoms with Crippen molar-refractivity contribution in [2.45, 2.75) is 20.5 Å². The lowest BCUT2D eigenvalue weighted by molar-refractivity contribution is -0.136. The Hall–Kier alpha value is -3.35. The SMILES string of the molecule is Cc1ccc(NC(=O)C(=O)N/N=C\c2ccc(OCc3ccc(Cl)cc3Cl)cc2)cc1C. The molecule has 3 rings (SSSR count). The number of carbonyl (C=O) groups is 2. The molecule has 0 aliphatic heterocycles. The Kier molecular flexibility index (Phi) is 7.87. The molecule has 0 aromatic heterocycles. The van der Waals surface area contributed by atoms with Gasteiger partial charge in [0, 0.05) is 21.3 Å². The second-order valence-corrected chi connectivity index (χ2v) is 7.89. The molecule has 0 atom stereocenters. The van der Waals surface area contributed by atoms with Crippen LogP contribution in [0.3, 0.4) is 0 Å². The molecule has 6 nitrogen and oxygen atoms in total. The van der Waals surface area contributed by atoms with Crippen molar-refractivity contribution < 1.29 is 14.3 Å². The summed E-state index contributed by atoms with van der Waals surface area (Å²) < 4.78 is 5.72. The molecule has 0 bridgehead atoms. The molecule has 0 aliphatic rings. The average Bonchev–Trinajstić information content (AvgIpc) is 2.76. The molecule has 0 fully saturated rings. The van der Waals surface area contributed by atoms with Crippen LogP contribution in [0.5, 0.6) is 5.75 Å². The first-order valence-electron chi connectivity index (χ1n) is 9.70. The minimum atomic E-state index is -0.862. The summed E-state index contributed by atoms with van der Waals surface area (Å²) in [5, 5.41) is 7.47. The number of nitrogens with zero attached hydrogens (tertiary/aromatic N) is 1. The van der Waals surface area contributed by atoms with Gasteiger partial charge in [-0.1, -0.05) is 35.3 Å². The number of benzene rings is 3. The smallest absolute Gasteiger partial charge is 0.329 e. The van der Waals surface area contributed by atoms with Crippen molar-refractivity contribution in [1.29, 1.82) is 0 Å². The summed E-state index contributed by atoms with van der Waals surface area (Å²) in [6.07, 6.45) is 1.43. The van der Waals surface area contributed by atoms with Gasteiger partial charge >= 0.3 is 11.8 Å². The lowest BCUT2D eigenvalue weighted by atomic mass is 10.1. The van der Waals surface area contributed by atoms with E-state index in [4.69, 9.17) is 27.9 Å². The molecule has 164 valence electrons. The Labute approximate surface area is 196 Å². The Morgan fingerprint density at radius 3 is 2.38 bits per heavy atom. The van der Waals surface area contributed by atoms with E-state index >= 15 is 0 Å². The van der Waals surface area contributed by atoms with E-state index in [1.807, 2.05) is 26.0 Å². The first-order valence-corrected chi connectivity index (χ1v) is 10.5. The molecule has 8 heteroatoms. The van der Waals surface area contributed by atoms with E-state index in [1.54, 1.807) is 48.5 Å². The maximum atomic E-state index is 12.0. The van der Waals surface area contributed by atoms with Crippen molar-refractivity contribution in [1.82, 2.24) is 5.43 Å². The number of amides is 2. The third kappa shape index (κ3) is 6.57. The standard InChI is InChI=1S/C24H21Cl2N3O3/c1-15-3-8-20(11-16(15)2)28-23(30)24(31)29-27-13-17-4-9-21(10-5-17)32-14-18-6-7-19(25)12-22(18)26/h3-13H,14H2,1-2H3,(H,28,30)(H,29,31)/b27-13-. The van der Waals surface area contributed by atoms with Gasteiger partial charge in [-0.2, -0.15) is 5.10 Å². The van der Waals surface area contributed by atoms with Gasteiger partial charge in [-0.25, -0.2) is 5.43 Å². The molecular weight excluding hydrogens is 449 g/mol. The molecule has 3 aromatic rings. The van der Waals surface area contributed by atoms with Gasteiger partial charge in [0.2, 0.25) is 0 Å². The van der Waals surface area contributed by atoms with Gasteiger partial charge in [-0.15, -0.1) is 0 Å². The number of anilines is 1. The summed E-state index contributed by atoms with van der Waals surface area (Å²) in [5.41, 5.74) is 6.42. The molecule has 2 N–H and O–H groups in total. The Balaban J connectivity index is 1.49. The molecule has 0 heterocycles. The zero-order chi connectivity index (χ0) is 23.1. The van der Waals surface area contributed by atoms with E-state index in [1.165, 1.54) is 6.21 Å². The molecule has 0 radical (unpaired) electrons. The van der Waals surface area contributed by atoms with Crippen LogP contribution in [0.15, 0.2) is 65.8 Å². The highest BCUT2D eigenvalue weighted by molar-refractivity contribution is 6.39. The third-order valence-corrected chi connectivity index (χ3v) is 5.23. The number of hydrogen-bond acceptors (Lipinski definition) is 4. The molecule has 0 spiro atoms. The van der Waals surface area contributed by atoms with Crippen LogP contribution < -0.4 is 15.5 Å². The van der Waals surface area contributed by atoms with E-state index in [2.05, 4.69) is 15.8 Å². The fraction of sp³-hybridized carbons (Fsp3) is 0.125. The fourth-order valence-corrected chi connectivity index (χ4v) is 3.14. The van der Waals surface area contributed by atoms with Crippen LogP contribution in [0.2, 0.25) is 10.0 Å². The van der Waals surface area contributed by atoms with Gasteiger partial charge in [0.1, 0.15) is 12.4 Å². The zero-order valence-corrected chi connectivity index (χ0v) is 19.0. The van der Waals surface area contributed by atoms with Crippen LogP contribution in [-0.4, -0.2) is 18.0 Å². The van der Waals surface area contributed by atoms with Crippen LogP contribution in [-0.2, 0) is 16.2 Å². The highest BCUT2D eigenvalue weighted by atomic mass is 35.5. The van der Waals surface area contributed by atoms with E-state index in [9.17, 15) is 9.59 Å². The van der Waals surface area contributed by atoms with Crippen molar-refractivity contribution in [3.63, 3.8) is 0 Å². The first kappa shape index (κ1) is 23.3. The number of aryl methyl sites for hydroxylation is 2. The minimum Gasteiger partial charge on any atom is -0.489 e. The zero-order valence-electron chi connectivity index (χ0n) is 17.5. The third-order valence-electron chi connectivity index (χ3n) is 4.64. The Morgan fingerprint density at radius 1 is 0.938 bits per heavy atom. The maximum absolute atomic E-state index is 12.0. The van der Waals surface area contributed by atoms with Crippen molar-refractivity contribution >= 4 is 46.9 Å². The summed E-state index contributed by atoms with van der Waals surface area (Å²) in [4.78, 5) is 23.9. The highest BCUT2D eigenvalue weighted by Gasteiger charge is 2.13. The summed E-state index contributed by atoms with van der Waals surface area (Å²) in [5.74, 6) is -1.01. The summed E-state index contributed by atoms with van der Waals surface area (Å²) in [7, 11) is 0. The average molecular weight is 470 g/mol. The van der Waals surface area contributed by atoms with Gasteiger partial charge in [0.05, 0.1) is 6.21 Å². The molecule has 3 aromatic carbocycles. The van der Waals surface area contributed by atoms with E-state index in [0.717, 1.165) is 22.3 Å². The Bertz CT molecular complexity index is 1160. The van der Waals surface area contributed by atoms with E-state index < -0.39 is 11.8 Å². The lowest BCUT2D eigenvalue weighted by Crippen LogP contribution is -2.32. The van der Waals surface area contributed by atoms with Crippen LogP contribution in [0.25, 0.3) is 0 Å². The molecule has 0 saturated heterocycles. The molecule has 0 aliphatic carbocycles. The minimum absolute atomic E-state index is 0.301. The quantitative estimate of drug-likeness (QED) is 0.292. The number of halogens is 2. The second-order valence-electron chi connectivity index (χ2n) is 7.05. The molecule has 32 heavy (non-hydrogen) atoms. The van der Waals surface area contributed by atoms with Gasteiger partial charge in [0.15, 0.2) is 0 Å². The lowest BCUT2D eigenvalue weighted by Gasteiger charge is -2.08. The van der Waals surface area contributed by atoms with Crippen molar-refractivity contribution in [3.8, 4) is 5.75 Å². The topological polar surface area (TPSA) is 79.8 Å². The molecule has 0 unspecified atom stereocenters. The second kappa shape index (κ2) is 10.8.